The maximum Gasteiger partial charge on any atom is 0.286 e. The summed E-state index contributed by atoms with van der Waals surface area (Å²) in [6, 6.07) is 23.1. The first-order valence-electron chi connectivity index (χ1n) is 10.6. The van der Waals surface area contributed by atoms with Crippen molar-refractivity contribution >= 4 is 46.2 Å². The Labute approximate surface area is 197 Å². The summed E-state index contributed by atoms with van der Waals surface area (Å²) in [5, 5.41) is 9.77. The fourth-order valence-corrected chi connectivity index (χ4v) is 4.80. The van der Waals surface area contributed by atoms with Crippen LogP contribution >= 0.6 is 23.2 Å². The van der Waals surface area contributed by atoms with Crippen LogP contribution < -0.4 is 15.4 Å². The molecule has 5 rings (SSSR count). The van der Waals surface area contributed by atoms with Gasteiger partial charge in [-0.25, -0.2) is 0 Å². The van der Waals surface area contributed by atoms with Crippen molar-refractivity contribution in [3.05, 3.63) is 94.0 Å². The van der Waals surface area contributed by atoms with Crippen LogP contribution in [0, 0.1) is 5.92 Å². The second-order valence-corrected chi connectivity index (χ2v) is 8.88. The van der Waals surface area contributed by atoms with Crippen molar-refractivity contribution in [1.82, 2.24) is 5.43 Å². The molecule has 3 aromatic carbocycles. The van der Waals surface area contributed by atoms with Gasteiger partial charge in [-0.2, -0.15) is 5.10 Å². The number of anilines is 2. The third-order valence-electron chi connectivity index (χ3n) is 6.05. The second-order valence-electron chi connectivity index (χ2n) is 8.04. The van der Waals surface area contributed by atoms with Crippen molar-refractivity contribution in [1.29, 1.82) is 0 Å². The van der Waals surface area contributed by atoms with Crippen LogP contribution in [-0.2, 0) is 11.2 Å². The molecule has 2 heterocycles. The molecular weight excluding hydrogens is 443 g/mol. The minimum atomic E-state index is -0.206. The summed E-state index contributed by atoms with van der Waals surface area (Å²) in [4.78, 5) is 13.3. The first-order chi connectivity index (χ1) is 15.5. The maximum absolute atomic E-state index is 13.3. The molecule has 1 N–H and O–H groups in total. The normalized spacial score (nSPS) is 19.7. The first-order valence-corrected chi connectivity index (χ1v) is 11.3. The van der Waals surface area contributed by atoms with Crippen molar-refractivity contribution in [2.24, 2.45) is 11.0 Å². The quantitative estimate of drug-likeness (QED) is 0.543. The largest absolute Gasteiger partial charge is 0.286 e. The molecule has 32 heavy (non-hydrogen) atoms. The number of nitrogens with zero attached hydrogens (tertiary/aromatic N) is 3. The Morgan fingerprint density at radius 3 is 2.41 bits per heavy atom. The maximum atomic E-state index is 13.3. The number of nitrogens with one attached hydrogen (secondary N) is 1. The zero-order valence-corrected chi connectivity index (χ0v) is 19.0. The zero-order chi connectivity index (χ0) is 22.2. The van der Waals surface area contributed by atoms with Crippen LogP contribution in [0.4, 0.5) is 11.4 Å². The SMILES string of the molecule is CC1C(C(=O)NN2CCc3ccccc32)=NN(c2ccccc2Cl)C1c1ccc(Cl)cc1. The molecule has 5 nitrogen and oxygen atoms in total. The molecule has 2 aliphatic rings. The minimum absolute atomic E-state index is 0.162. The molecule has 0 saturated heterocycles. The predicted octanol–water partition coefficient (Wildman–Crippen LogP) is 5.64. The number of hydrazone groups is 1. The van der Waals surface area contributed by atoms with Gasteiger partial charge in [-0.1, -0.05) is 72.6 Å². The summed E-state index contributed by atoms with van der Waals surface area (Å²) in [5.41, 5.74) is 7.56. The second kappa shape index (κ2) is 8.49. The van der Waals surface area contributed by atoms with Crippen LogP contribution in [0.2, 0.25) is 10.0 Å². The van der Waals surface area contributed by atoms with Gasteiger partial charge in [0.25, 0.3) is 5.91 Å². The number of rotatable bonds is 4. The molecule has 0 aromatic heterocycles. The lowest BCUT2D eigenvalue weighted by Crippen LogP contribution is -2.45. The van der Waals surface area contributed by atoms with Gasteiger partial charge in [-0.05, 0) is 47.9 Å². The summed E-state index contributed by atoms with van der Waals surface area (Å²) in [6.07, 6.45) is 0.900. The first kappa shape index (κ1) is 20.9. The van der Waals surface area contributed by atoms with E-state index in [9.17, 15) is 4.79 Å². The molecule has 3 aromatic rings. The fourth-order valence-electron chi connectivity index (χ4n) is 4.45. The molecule has 162 valence electrons. The van der Waals surface area contributed by atoms with E-state index >= 15 is 0 Å². The Morgan fingerprint density at radius 2 is 1.66 bits per heavy atom. The van der Waals surface area contributed by atoms with Crippen molar-refractivity contribution in [3.63, 3.8) is 0 Å². The summed E-state index contributed by atoms with van der Waals surface area (Å²) >= 11 is 12.6. The van der Waals surface area contributed by atoms with Gasteiger partial charge >= 0.3 is 0 Å². The average molecular weight is 465 g/mol. The third-order valence-corrected chi connectivity index (χ3v) is 6.62. The van der Waals surface area contributed by atoms with E-state index in [0.717, 1.165) is 29.9 Å². The summed E-state index contributed by atoms with van der Waals surface area (Å²) < 4.78 is 0. The zero-order valence-electron chi connectivity index (χ0n) is 17.5. The van der Waals surface area contributed by atoms with Gasteiger partial charge in [-0.15, -0.1) is 0 Å². The molecule has 0 saturated carbocycles. The molecular formula is C25H22Cl2N4O. The number of para-hydroxylation sites is 2. The van der Waals surface area contributed by atoms with E-state index in [4.69, 9.17) is 28.3 Å². The van der Waals surface area contributed by atoms with E-state index in [-0.39, 0.29) is 17.9 Å². The number of hydrazine groups is 1. The summed E-state index contributed by atoms with van der Waals surface area (Å²) in [5.74, 6) is -0.368. The van der Waals surface area contributed by atoms with Crippen molar-refractivity contribution in [2.45, 2.75) is 19.4 Å². The Balaban J connectivity index is 1.48. The Bertz CT molecular complexity index is 1190. The van der Waals surface area contributed by atoms with E-state index in [1.54, 1.807) is 0 Å². The van der Waals surface area contributed by atoms with Crippen LogP contribution in [0.5, 0.6) is 0 Å². The molecule has 0 fully saturated rings. The van der Waals surface area contributed by atoms with Gasteiger partial charge in [0.1, 0.15) is 5.71 Å². The van der Waals surface area contributed by atoms with Crippen LogP contribution in [0.15, 0.2) is 77.9 Å². The lowest BCUT2D eigenvalue weighted by molar-refractivity contribution is -0.115. The van der Waals surface area contributed by atoms with E-state index in [1.807, 2.05) is 83.7 Å². The lowest BCUT2D eigenvalue weighted by atomic mass is 9.91. The molecule has 2 unspecified atom stereocenters. The van der Waals surface area contributed by atoms with E-state index < -0.39 is 0 Å². The van der Waals surface area contributed by atoms with E-state index in [2.05, 4.69) is 11.5 Å². The highest BCUT2D eigenvalue weighted by molar-refractivity contribution is 6.41. The van der Waals surface area contributed by atoms with Crippen LogP contribution in [-0.4, -0.2) is 18.2 Å². The Kier molecular flexibility index (Phi) is 5.53. The number of amides is 1. The molecule has 0 bridgehead atoms. The monoisotopic (exact) mass is 464 g/mol. The van der Waals surface area contributed by atoms with Crippen molar-refractivity contribution < 1.29 is 4.79 Å². The van der Waals surface area contributed by atoms with Gasteiger partial charge < -0.3 is 0 Å². The van der Waals surface area contributed by atoms with Crippen molar-refractivity contribution in [3.8, 4) is 0 Å². The number of carbonyl (C=O) groups is 1. The standard InChI is InChI=1S/C25H22Cl2N4O/c1-16-23(25(32)29-30-15-14-17-6-2-4-8-21(17)30)28-31(22-9-5-3-7-20(22)27)24(16)18-10-12-19(26)13-11-18/h2-13,16,24H,14-15H2,1H3,(H,29,32). The molecule has 0 aliphatic carbocycles. The molecule has 0 spiro atoms. The summed E-state index contributed by atoms with van der Waals surface area (Å²) in [7, 11) is 0. The minimum Gasteiger partial charge on any atom is -0.285 e. The predicted molar refractivity (Wildman–Crippen MR) is 130 cm³/mol. The smallest absolute Gasteiger partial charge is 0.285 e. The van der Waals surface area contributed by atoms with Gasteiger partial charge in [0.15, 0.2) is 0 Å². The number of hydrogen-bond acceptors (Lipinski definition) is 4. The molecule has 1 amide bonds. The topological polar surface area (TPSA) is 47.9 Å². The van der Waals surface area contributed by atoms with Crippen molar-refractivity contribution in [2.75, 3.05) is 16.6 Å². The molecule has 2 atom stereocenters. The highest BCUT2D eigenvalue weighted by atomic mass is 35.5. The number of benzene rings is 3. The molecule has 7 heteroatoms. The fraction of sp³-hybridized carbons (Fsp3) is 0.200. The highest BCUT2D eigenvalue weighted by Crippen LogP contribution is 2.42. The van der Waals surface area contributed by atoms with Crippen LogP contribution in [0.3, 0.4) is 0 Å². The Hall–Kier alpha value is -3.02. The highest BCUT2D eigenvalue weighted by Gasteiger charge is 2.40. The number of carbonyl (C=O) groups excluding carboxylic acids is 1. The van der Waals surface area contributed by atoms with Gasteiger partial charge in [0.2, 0.25) is 0 Å². The average Bonchev–Trinajstić information content (AvgIpc) is 3.36. The van der Waals surface area contributed by atoms with Crippen LogP contribution in [0.25, 0.3) is 0 Å². The van der Waals surface area contributed by atoms with E-state index in [1.165, 1.54) is 5.56 Å². The third kappa shape index (κ3) is 3.72. The van der Waals surface area contributed by atoms with Gasteiger partial charge in [-0.3, -0.25) is 20.2 Å². The van der Waals surface area contributed by atoms with Gasteiger partial charge in [0, 0.05) is 17.5 Å². The molecule has 0 radical (unpaired) electrons. The van der Waals surface area contributed by atoms with Gasteiger partial charge in [0.05, 0.1) is 22.4 Å². The lowest BCUT2D eigenvalue weighted by Gasteiger charge is -2.27. The van der Waals surface area contributed by atoms with Crippen LogP contribution in [0.1, 0.15) is 24.1 Å². The number of hydrogen-bond donors (Lipinski definition) is 1. The molecule has 2 aliphatic heterocycles. The summed E-state index contributed by atoms with van der Waals surface area (Å²) in [6.45, 7) is 2.76. The van der Waals surface area contributed by atoms with E-state index in [0.29, 0.717) is 15.8 Å². The number of fused-ring (bicyclic) bond motifs is 1. The Morgan fingerprint density at radius 1 is 0.969 bits per heavy atom. The number of halogens is 2.